The van der Waals surface area contributed by atoms with Gasteiger partial charge in [0.25, 0.3) is 0 Å². The fourth-order valence-electron chi connectivity index (χ4n) is 1.15. The van der Waals surface area contributed by atoms with Crippen LogP contribution in [0, 0.1) is 0 Å². The topological polar surface area (TPSA) is 55.3 Å². The molecule has 0 atom stereocenters. The van der Waals surface area contributed by atoms with Crippen LogP contribution in [0.1, 0.15) is 19.0 Å². The summed E-state index contributed by atoms with van der Waals surface area (Å²) in [5, 5.41) is 4.07. The molecule has 1 rings (SSSR count). The van der Waals surface area contributed by atoms with Gasteiger partial charge in [-0.25, -0.2) is 0 Å². The Labute approximate surface area is 88.8 Å². The molecule has 1 aromatic rings. The van der Waals surface area contributed by atoms with Crippen LogP contribution in [0.25, 0.3) is 0 Å². The number of hydrogen-bond acceptors (Lipinski definition) is 2. The normalized spacial score (nSPS) is 10.6. The van der Waals surface area contributed by atoms with Gasteiger partial charge in [-0.3, -0.25) is 5.43 Å². The van der Waals surface area contributed by atoms with Gasteiger partial charge < -0.3 is 10.3 Å². The number of nitrogens with zero attached hydrogens (tertiary/aromatic N) is 2. The lowest BCUT2D eigenvalue weighted by Crippen LogP contribution is -2.24. The third-order valence-electron chi connectivity index (χ3n) is 1.70. The lowest BCUT2D eigenvalue weighted by atomic mass is 10.4. The van der Waals surface area contributed by atoms with Crippen LogP contribution in [0.3, 0.4) is 0 Å². The van der Waals surface area contributed by atoms with Crippen LogP contribution in [0.15, 0.2) is 23.4 Å². The average molecular weight is 210 g/mol. The highest BCUT2D eigenvalue weighted by Crippen LogP contribution is 2.00. The molecule has 3 N–H and O–H groups in total. The van der Waals surface area contributed by atoms with Crippen molar-refractivity contribution >= 4 is 23.5 Å². The van der Waals surface area contributed by atoms with Gasteiger partial charge in [0.15, 0.2) is 5.11 Å². The summed E-state index contributed by atoms with van der Waals surface area (Å²) in [5.41, 5.74) is 8.78. The summed E-state index contributed by atoms with van der Waals surface area (Å²) in [6.07, 6.45) is 4.82. The third-order valence-corrected chi connectivity index (χ3v) is 1.79. The van der Waals surface area contributed by atoms with Crippen molar-refractivity contribution in [3.63, 3.8) is 0 Å². The zero-order chi connectivity index (χ0) is 10.4. The molecule has 0 aliphatic rings. The maximum Gasteiger partial charge on any atom is 0.184 e. The first-order valence-electron chi connectivity index (χ1n) is 4.47. The Morgan fingerprint density at radius 3 is 3.21 bits per heavy atom. The fraction of sp³-hybridized carbons (Fsp3) is 0.333. The molecular formula is C9H14N4S. The van der Waals surface area contributed by atoms with Crippen molar-refractivity contribution in [3.8, 4) is 0 Å². The van der Waals surface area contributed by atoms with Gasteiger partial charge in [0.1, 0.15) is 0 Å². The Morgan fingerprint density at radius 2 is 2.57 bits per heavy atom. The van der Waals surface area contributed by atoms with E-state index in [2.05, 4.69) is 34.2 Å². The van der Waals surface area contributed by atoms with Crippen molar-refractivity contribution in [1.29, 1.82) is 0 Å². The standard InChI is InChI=1S/C9H14N4S/c1-2-5-13-6-3-4-8(13)7-11-12-9(10)14/h3-4,6-7H,2,5H2,1H3,(H3,10,12,14). The minimum absolute atomic E-state index is 0.176. The Hall–Kier alpha value is -1.36. The summed E-state index contributed by atoms with van der Waals surface area (Å²) in [6.45, 7) is 3.12. The molecule has 76 valence electrons. The molecule has 0 saturated heterocycles. The van der Waals surface area contributed by atoms with E-state index < -0.39 is 0 Å². The fourth-order valence-corrected chi connectivity index (χ4v) is 1.20. The van der Waals surface area contributed by atoms with Crippen LogP contribution in [0.4, 0.5) is 0 Å². The van der Waals surface area contributed by atoms with Gasteiger partial charge in [-0.15, -0.1) is 0 Å². The van der Waals surface area contributed by atoms with E-state index in [1.54, 1.807) is 6.21 Å². The monoisotopic (exact) mass is 210 g/mol. The molecule has 0 saturated carbocycles. The van der Waals surface area contributed by atoms with E-state index in [4.69, 9.17) is 5.73 Å². The van der Waals surface area contributed by atoms with Gasteiger partial charge in [0.05, 0.1) is 11.9 Å². The van der Waals surface area contributed by atoms with Crippen molar-refractivity contribution < 1.29 is 0 Å². The molecule has 0 spiro atoms. The van der Waals surface area contributed by atoms with E-state index in [0.717, 1.165) is 18.7 Å². The van der Waals surface area contributed by atoms with E-state index in [-0.39, 0.29) is 5.11 Å². The van der Waals surface area contributed by atoms with Crippen molar-refractivity contribution in [1.82, 2.24) is 9.99 Å². The molecule has 5 heteroatoms. The van der Waals surface area contributed by atoms with E-state index in [1.165, 1.54) is 0 Å². The molecular weight excluding hydrogens is 196 g/mol. The number of aromatic nitrogens is 1. The molecule has 0 unspecified atom stereocenters. The van der Waals surface area contributed by atoms with Gasteiger partial charge in [0, 0.05) is 12.7 Å². The second-order valence-electron chi connectivity index (χ2n) is 2.86. The van der Waals surface area contributed by atoms with Crippen molar-refractivity contribution in [2.75, 3.05) is 0 Å². The quantitative estimate of drug-likeness (QED) is 0.444. The second kappa shape index (κ2) is 5.39. The number of thiocarbonyl (C=S) groups is 1. The summed E-state index contributed by atoms with van der Waals surface area (Å²) in [6, 6.07) is 3.97. The number of hydrogen-bond donors (Lipinski definition) is 2. The highest BCUT2D eigenvalue weighted by molar-refractivity contribution is 7.80. The molecule has 0 radical (unpaired) electrons. The van der Waals surface area contributed by atoms with Crippen LogP contribution in [-0.2, 0) is 6.54 Å². The first kappa shape index (κ1) is 10.7. The minimum atomic E-state index is 0.176. The minimum Gasteiger partial charge on any atom is -0.375 e. The molecule has 0 aliphatic heterocycles. The Morgan fingerprint density at radius 1 is 1.79 bits per heavy atom. The zero-order valence-corrected chi connectivity index (χ0v) is 8.92. The summed E-state index contributed by atoms with van der Waals surface area (Å²) in [5.74, 6) is 0. The smallest absolute Gasteiger partial charge is 0.184 e. The summed E-state index contributed by atoms with van der Waals surface area (Å²) in [4.78, 5) is 0. The molecule has 0 bridgehead atoms. The van der Waals surface area contributed by atoms with Crippen molar-refractivity contribution in [2.24, 2.45) is 10.8 Å². The molecule has 0 aromatic carbocycles. The molecule has 0 amide bonds. The number of hydrazone groups is 1. The van der Waals surface area contributed by atoms with Gasteiger partial charge in [-0.05, 0) is 30.8 Å². The number of nitrogens with two attached hydrogens (primary N) is 1. The highest BCUT2D eigenvalue weighted by atomic mass is 32.1. The molecule has 1 aromatic heterocycles. The SMILES string of the molecule is CCCn1cccc1C=NNC(N)=S. The predicted octanol–water partition coefficient (Wildman–Crippen LogP) is 1.07. The number of aryl methyl sites for hydroxylation is 1. The number of nitrogens with one attached hydrogen (secondary N) is 1. The van der Waals surface area contributed by atoms with E-state index in [9.17, 15) is 0 Å². The van der Waals surface area contributed by atoms with Gasteiger partial charge >= 0.3 is 0 Å². The second-order valence-corrected chi connectivity index (χ2v) is 3.30. The Kier molecular flexibility index (Phi) is 4.12. The van der Waals surface area contributed by atoms with Crippen molar-refractivity contribution in [2.45, 2.75) is 19.9 Å². The lowest BCUT2D eigenvalue weighted by Gasteiger charge is -2.02. The number of rotatable bonds is 4. The predicted molar refractivity (Wildman–Crippen MR) is 62.2 cm³/mol. The maximum absolute atomic E-state index is 5.23. The van der Waals surface area contributed by atoms with Crippen LogP contribution in [-0.4, -0.2) is 15.9 Å². The molecule has 14 heavy (non-hydrogen) atoms. The maximum atomic E-state index is 5.23. The van der Waals surface area contributed by atoms with E-state index >= 15 is 0 Å². The Bertz CT molecular complexity index is 329. The third kappa shape index (κ3) is 3.18. The highest BCUT2D eigenvalue weighted by Gasteiger charge is 1.95. The first-order valence-corrected chi connectivity index (χ1v) is 4.88. The lowest BCUT2D eigenvalue weighted by molar-refractivity contribution is 0.679. The van der Waals surface area contributed by atoms with Gasteiger partial charge in [-0.1, -0.05) is 6.92 Å². The largest absolute Gasteiger partial charge is 0.375 e. The Balaban J connectivity index is 2.61. The van der Waals surface area contributed by atoms with Crippen LogP contribution < -0.4 is 11.2 Å². The molecule has 1 heterocycles. The molecule has 4 nitrogen and oxygen atoms in total. The van der Waals surface area contributed by atoms with Gasteiger partial charge in [-0.2, -0.15) is 5.10 Å². The molecule has 0 aliphatic carbocycles. The summed E-state index contributed by atoms with van der Waals surface area (Å²) >= 11 is 4.62. The summed E-state index contributed by atoms with van der Waals surface area (Å²) < 4.78 is 2.12. The summed E-state index contributed by atoms with van der Waals surface area (Å²) in [7, 11) is 0. The molecule has 0 fully saturated rings. The van der Waals surface area contributed by atoms with E-state index in [0.29, 0.717) is 0 Å². The zero-order valence-electron chi connectivity index (χ0n) is 8.10. The average Bonchev–Trinajstić information content (AvgIpc) is 2.53. The van der Waals surface area contributed by atoms with Crippen LogP contribution in [0.5, 0.6) is 0 Å². The van der Waals surface area contributed by atoms with Crippen molar-refractivity contribution in [3.05, 3.63) is 24.0 Å². The first-order chi connectivity index (χ1) is 6.74. The van der Waals surface area contributed by atoms with E-state index in [1.807, 2.05) is 18.3 Å². The van der Waals surface area contributed by atoms with Gasteiger partial charge in [0.2, 0.25) is 0 Å². The van der Waals surface area contributed by atoms with Crippen LogP contribution in [0.2, 0.25) is 0 Å². The van der Waals surface area contributed by atoms with Crippen LogP contribution >= 0.6 is 12.2 Å².